The van der Waals surface area contributed by atoms with Crippen molar-refractivity contribution in [1.82, 2.24) is 4.90 Å². The van der Waals surface area contributed by atoms with E-state index in [1.54, 1.807) is 41.3 Å². The molecule has 0 aromatic carbocycles. The topological polar surface area (TPSA) is 173 Å². The van der Waals surface area contributed by atoms with Crippen LogP contribution < -0.4 is 0 Å². The maximum atomic E-state index is 14.5. The number of methoxy groups -OCH3 is 5. The van der Waals surface area contributed by atoms with E-state index >= 15 is 0 Å². The van der Waals surface area contributed by atoms with E-state index in [1.165, 1.54) is 19.1 Å². The molecule has 15 atom stereocenters. The lowest BCUT2D eigenvalue weighted by molar-refractivity contribution is -0.265. The van der Waals surface area contributed by atoms with Crippen LogP contribution in [0.5, 0.6) is 0 Å². The summed E-state index contributed by atoms with van der Waals surface area (Å²) >= 11 is 0. The Morgan fingerprint density at radius 2 is 1.48 bits per heavy atom. The molecule has 14 heteroatoms. The minimum atomic E-state index is -2.41. The highest BCUT2D eigenvalue weighted by molar-refractivity contribution is 6.39. The molecule has 0 spiro atoms. The molecular formula is C53H83NO13. The van der Waals surface area contributed by atoms with E-state index in [9.17, 15) is 29.1 Å². The molecule has 14 nitrogen and oxygen atoms in total. The quantitative estimate of drug-likeness (QED) is 0.144. The molecule has 1 aliphatic carbocycles. The Kier molecular flexibility index (Phi) is 22.3. The van der Waals surface area contributed by atoms with Crippen molar-refractivity contribution >= 4 is 29.2 Å². The van der Waals surface area contributed by atoms with E-state index < -0.39 is 71.8 Å². The molecule has 1 unspecified atom stereocenters. The minimum Gasteiger partial charge on any atom is -0.460 e. The van der Waals surface area contributed by atoms with Crippen molar-refractivity contribution in [2.75, 3.05) is 42.1 Å². The van der Waals surface area contributed by atoms with E-state index in [2.05, 4.69) is 6.92 Å². The van der Waals surface area contributed by atoms with E-state index in [0.29, 0.717) is 50.5 Å². The Morgan fingerprint density at radius 1 is 0.776 bits per heavy atom. The van der Waals surface area contributed by atoms with E-state index in [1.807, 2.05) is 58.1 Å². The number of hydrogen-bond donors (Lipinski definition) is 1. The van der Waals surface area contributed by atoms with E-state index in [-0.39, 0.29) is 66.8 Å². The summed E-state index contributed by atoms with van der Waals surface area (Å²) in [4.78, 5) is 72.5. The number of carbonyl (C=O) groups excluding carboxylic acids is 5. The van der Waals surface area contributed by atoms with Crippen molar-refractivity contribution in [2.24, 2.45) is 35.5 Å². The van der Waals surface area contributed by atoms with Gasteiger partial charge in [-0.2, -0.15) is 0 Å². The van der Waals surface area contributed by atoms with Gasteiger partial charge in [-0.15, -0.1) is 0 Å². The Labute approximate surface area is 400 Å². The summed E-state index contributed by atoms with van der Waals surface area (Å²) in [5, 5.41) is 12.0. The largest absolute Gasteiger partial charge is 0.460 e. The number of allylic oxidation sites excluding steroid dienone is 6. The van der Waals surface area contributed by atoms with Crippen LogP contribution in [0.4, 0.5) is 0 Å². The molecule has 378 valence electrons. The van der Waals surface area contributed by atoms with Gasteiger partial charge in [0.05, 0.1) is 24.4 Å². The molecule has 1 amide bonds. The first-order chi connectivity index (χ1) is 31.8. The highest BCUT2D eigenvalue weighted by Gasteiger charge is 2.53. The number of ether oxygens (including phenoxy) is 7. The number of esters is 1. The number of Topliss-reactive ketones (excluding diaryl/α,β-unsaturated/α-hetero) is 3. The number of hydrogen-bond acceptors (Lipinski definition) is 13. The second-order valence-corrected chi connectivity index (χ2v) is 20.0. The van der Waals surface area contributed by atoms with Crippen LogP contribution in [0.3, 0.4) is 0 Å². The first-order valence-corrected chi connectivity index (χ1v) is 24.7. The maximum Gasteiger partial charge on any atom is 0.329 e. The summed E-state index contributed by atoms with van der Waals surface area (Å²) in [6, 6.07) is -1.11. The first kappa shape index (κ1) is 56.2. The summed E-state index contributed by atoms with van der Waals surface area (Å²) in [7, 11) is 7.96. The van der Waals surface area contributed by atoms with Gasteiger partial charge in [0, 0.05) is 72.7 Å². The SMILES string of the molecule is CO[C@H]1C[C@@H]2CC[C@@H](C)[C@@](O)(O2)C(=O)C(=O)N2CCCC[C@H]2C(=O)OC([C@H](C)C[C@@H]2CC[C@@H](OC)[C@H](OC)C2)CC(=O)[C@H](C)/C=C(\C)[C@@H](OC)[C@@H](OC)C(=O)[C@H](C)C[C@H](C)/C=C/C=C/C=C/1C. The van der Waals surface area contributed by atoms with Crippen LogP contribution in [-0.2, 0) is 57.1 Å². The number of fused-ring (bicyclic) bond motifs is 3. The van der Waals surface area contributed by atoms with Gasteiger partial charge in [0.25, 0.3) is 11.7 Å². The molecule has 4 aliphatic rings. The van der Waals surface area contributed by atoms with Crippen molar-refractivity contribution in [2.45, 2.75) is 180 Å². The number of amides is 1. The summed E-state index contributed by atoms with van der Waals surface area (Å²) in [6.45, 7) is 13.2. The van der Waals surface area contributed by atoms with Gasteiger partial charge in [-0.1, -0.05) is 71.1 Å². The normalized spacial score (nSPS) is 39.6. The molecule has 0 radical (unpaired) electrons. The van der Waals surface area contributed by atoms with Gasteiger partial charge in [-0.3, -0.25) is 19.2 Å². The molecule has 4 rings (SSSR count). The number of cyclic esters (lactones) is 1. The average molecular weight is 942 g/mol. The fourth-order valence-electron chi connectivity index (χ4n) is 10.7. The molecule has 3 aliphatic heterocycles. The van der Waals surface area contributed by atoms with E-state index in [0.717, 1.165) is 24.8 Å². The molecule has 67 heavy (non-hydrogen) atoms. The highest BCUT2D eigenvalue weighted by Crippen LogP contribution is 2.38. The van der Waals surface area contributed by atoms with Crippen LogP contribution in [0.2, 0.25) is 0 Å². The van der Waals surface area contributed by atoms with Gasteiger partial charge in [-0.05, 0) is 107 Å². The third-order valence-corrected chi connectivity index (χ3v) is 15.0. The van der Waals surface area contributed by atoms with Crippen molar-refractivity contribution in [3.63, 3.8) is 0 Å². The zero-order valence-electron chi connectivity index (χ0n) is 42.5. The van der Waals surface area contributed by atoms with Gasteiger partial charge in [0.2, 0.25) is 5.79 Å². The summed E-state index contributed by atoms with van der Waals surface area (Å²) < 4.78 is 41.5. The fraction of sp³-hybridized carbons (Fsp3) is 0.755. The number of aliphatic hydroxyl groups is 1. The van der Waals surface area contributed by atoms with Gasteiger partial charge in [0.1, 0.15) is 30.1 Å². The predicted octanol–water partition coefficient (Wildman–Crippen LogP) is 7.49. The number of ketones is 3. The molecule has 2 saturated heterocycles. The molecule has 0 aromatic heterocycles. The van der Waals surface area contributed by atoms with Crippen LogP contribution >= 0.6 is 0 Å². The standard InChI is InChI=1S/C53H83NO13/c1-32-18-14-13-15-19-33(2)44(62-9)30-40-23-21-38(7)53(60,67-40)50(57)51(58)54-25-17-16-20-41(54)52(59)66-45(35(4)28-39-22-24-43(61-8)46(29-39)63-10)31-42(55)34(3)27-37(6)48(64-11)49(65-12)47(56)36(5)26-32/h13-15,18-19,27,32,34-36,38-41,43-46,48-49,60H,16-17,20-26,28-31H2,1-12H3/b15-13+,18-14+,33-19+,37-27+/t32-,34-,35-,36-,38-,39+,40+,41+,43-,44+,45?,46-,48-,49+,53-/m1/s1. The predicted molar refractivity (Wildman–Crippen MR) is 255 cm³/mol. The van der Waals surface area contributed by atoms with Crippen molar-refractivity contribution < 1.29 is 62.2 Å². The Bertz CT molecular complexity index is 1790. The van der Waals surface area contributed by atoms with Crippen molar-refractivity contribution in [1.29, 1.82) is 0 Å². The zero-order chi connectivity index (χ0) is 49.6. The summed E-state index contributed by atoms with van der Waals surface area (Å²) in [6.07, 6.45) is 14.1. The summed E-state index contributed by atoms with van der Waals surface area (Å²) in [5.74, 6) is -7.20. The molecule has 1 saturated carbocycles. The highest BCUT2D eigenvalue weighted by atomic mass is 16.6. The number of nitrogens with zero attached hydrogens (tertiary/aromatic N) is 1. The Morgan fingerprint density at radius 3 is 2.13 bits per heavy atom. The van der Waals surface area contributed by atoms with Gasteiger partial charge in [0.15, 0.2) is 5.78 Å². The monoisotopic (exact) mass is 942 g/mol. The van der Waals surface area contributed by atoms with Crippen molar-refractivity contribution in [3.8, 4) is 0 Å². The van der Waals surface area contributed by atoms with Crippen LogP contribution in [0.1, 0.15) is 126 Å². The van der Waals surface area contributed by atoms with Crippen LogP contribution in [0.25, 0.3) is 0 Å². The fourth-order valence-corrected chi connectivity index (χ4v) is 10.7. The second-order valence-electron chi connectivity index (χ2n) is 20.0. The lowest BCUT2D eigenvalue weighted by Gasteiger charge is -2.42. The first-order valence-electron chi connectivity index (χ1n) is 24.7. The summed E-state index contributed by atoms with van der Waals surface area (Å²) in [5.41, 5.74) is 1.56. The zero-order valence-corrected chi connectivity index (χ0v) is 42.5. The number of carbonyl (C=O) groups is 5. The van der Waals surface area contributed by atoms with Crippen LogP contribution in [-0.4, -0.2) is 136 Å². The average Bonchev–Trinajstić information content (AvgIpc) is 3.31. The third kappa shape index (κ3) is 14.8. The van der Waals surface area contributed by atoms with E-state index in [4.69, 9.17) is 33.2 Å². The Hall–Kier alpha value is -3.37. The second kappa shape index (κ2) is 26.6. The third-order valence-electron chi connectivity index (χ3n) is 15.0. The lowest BCUT2D eigenvalue weighted by atomic mass is 9.78. The molecule has 0 aromatic rings. The molecule has 1 N–H and O–H groups in total. The van der Waals surface area contributed by atoms with Gasteiger partial charge >= 0.3 is 5.97 Å². The van der Waals surface area contributed by atoms with Crippen molar-refractivity contribution in [3.05, 3.63) is 47.6 Å². The molecule has 3 heterocycles. The number of piperidine rings is 1. The molecular weight excluding hydrogens is 859 g/mol. The molecule has 2 bridgehead atoms. The number of rotatable bonds is 8. The van der Waals surface area contributed by atoms with Gasteiger partial charge in [-0.25, -0.2) is 4.79 Å². The van der Waals surface area contributed by atoms with Gasteiger partial charge < -0.3 is 43.2 Å². The van der Waals surface area contributed by atoms with Crippen LogP contribution in [0.15, 0.2) is 47.6 Å². The minimum absolute atomic E-state index is 0.0234. The van der Waals surface area contributed by atoms with Crippen LogP contribution in [0, 0.1) is 35.5 Å². The lowest BCUT2D eigenvalue weighted by Crippen LogP contribution is -2.61. The smallest absolute Gasteiger partial charge is 0.329 e. The molecule has 3 fully saturated rings. The maximum absolute atomic E-state index is 14.5. The Balaban J connectivity index is 1.72.